The minimum absolute atomic E-state index is 0. The zero-order chi connectivity index (χ0) is 14.8. The lowest BCUT2D eigenvalue weighted by atomic mass is 9.92. The normalized spacial score (nSPS) is 18.8. The van der Waals surface area contributed by atoms with Crippen LogP contribution in [0.25, 0.3) is 0 Å². The molecule has 1 aliphatic rings. The van der Waals surface area contributed by atoms with E-state index < -0.39 is 15.6 Å². The van der Waals surface area contributed by atoms with E-state index in [0.717, 1.165) is 25.7 Å². The minimum atomic E-state index is -3.55. The maximum absolute atomic E-state index is 12.4. The van der Waals surface area contributed by atoms with E-state index in [1.54, 1.807) is 13.8 Å². The Morgan fingerprint density at radius 1 is 1.24 bits per heavy atom. The largest absolute Gasteiger partial charge is 0.324 e. The Morgan fingerprint density at radius 2 is 1.81 bits per heavy atom. The van der Waals surface area contributed by atoms with Gasteiger partial charge in [0.15, 0.2) is 0 Å². The van der Waals surface area contributed by atoms with Crippen molar-refractivity contribution in [2.24, 2.45) is 5.73 Å². The molecule has 122 valence electrons. The molecule has 0 bridgehead atoms. The molecule has 0 radical (unpaired) electrons. The summed E-state index contributed by atoms with van der Waals surface area (Å²) in [6, 6.07) is 0. The van der Waals surface area contributed by atoms with Gasteiger partial charge in [0.1, 0.15) is 4.90 Å². The Balaban J connectivity index is 0.00000220. The summed E-state index contributed by atoms with van der Waals surface area (Å²) in [5.74, 6) is 0. The van der Waals surface area contributed by atoms with Gasteiger partial charge in [0, 0.05) is 12.1 Å². The van der Waals surface area contributed by atoms with Crippen molar-refractivity contribution in [3.63, 3.8) is 0 Å². The maximum atomic E-state index is 12.4. The topological polar surface area (TPSA) is 101 Å². The van der Waals surface area contributed by atoms with Crippen molar-refractivity contribution in [1.82, 2.24) is 14.9 Å². The van der Waals surface area contributed by atoms with E-state index in [2.05, 4.69) is 14.9 Å². The van der Waals surface area contributed by atoms with E-state index in [4.69, 9.17) is 5.73 Å². The number of aromatic nitrogens is 2. The first-order valence-corrected chi connectivity index (χ1v) is 8.62. The summed E-state index contributed by atoms with van der Waals surface area (Å²) < 4.78 is 27.4. The van der Waals surface area contributed by atoms with Crippen molar-refractivity contribution in [2.75, 3.05) is 6.54 Å². The molecule has 6 nitrogen and oxygen atoms in total. The predicted molar refractivity (Wildman–Crippen MR) is 85.1 cm³/mol. The van der Waals surface area contributed by atoms with Gasteiger partial charge in [-0.3, -0.25) is 5.10 Å². The van der Waals surface area contributed by atoms with Gasteiger partial charge < -0.3 is 5.73 Å². The summed E-state index contributed by atoms with van der Waals surface area (Å²) >= 11 is 0. The van der Waals surface area contributed by atoms with Gasteiger partial charge in [0.05, 0.1) is 11.4 Å². The van der Waals surface area contributed by atoms with Crippen LogP contribution in [0.1, 0.15) is 49.9 Å². The number of hydrogen-bond donors (Lipinski definition) is 3. The fourth-order valence-corrected chi connectivity index (χ4v) is 4.36. The Kier molecular flexibility index (Phi) is 6.22. The van der Waals surface area contributed by atoms with Crippen molar-refractivity contribution >= 4 is 22.4 Å². The molecule has 0 saturated heterocycles. The van der Waals surface area contributed by atoms with E-state index in [-0.39, 0.29) is 17.3 Å². The first-order valence-electron chi connectivity index (χ1n) is 7.14. The minimum Gasteiger partial charge on any atom is -0.324 e. The van der Waals surface area contributed by atoms with Crippen molar-refractivity contribution in [2.45, 2.75) is 62.8 Å². The molecular weight excluding hydrogens is 312 g/mol. The van der Waals surface area contributed by atoms with Gasteiger partial charge in [0.25, 0.3) is 0 Å². The molecule has 8 heteroatoms. The molecule has 0 unspecified atom stereocenters. The van der Waals surface area contributed by atoms with Crippen molar-refractivity contribution in [3.8, 4) is 0 Å². The summed E-state index contributed by atoms with van der Waals surface area (Å²) in [6.07, 6.45) is 6.26. The molecule has 4 N–H and O–H groups in total. The third-order valence-electron chi connectivity index (χ3n) is 4.04. The second kappa shape index (κ2) is 7.09. The standard InChI is InChI=1S/C13H24N4O2S.ClH/c1-10-12(11(2)17-16-10)20(18,19)15-9-13(14)7-5-3-4-6-8-13;/h15H,3-9,14H2,1-2H3,(H,16,17);1H. The van der Waals surface area contributed by atoms with Crippen LogP contribution in [0.5, 0.6) is 0 Å². The fraction of sp³-hybridized carbons (Fsp3) is 0.769. The lowest BCUT2D eigenvalue weighted by Gasteiger charge is -2.28. The first kappa shape index (κ1) is 18.4. The molecule has 0 aliphatic heterocycles. The number of H-pyrrole nitrogens is 1. The summed E-state index contributed by atoms with van der Waals surface area (Å²) in [7, 11) is -3.55. The average Bonchev–Trinajstić information content (AvgIpc) is 2.60. The third kappa shape index (κ3) is 4.42. The number of nitrogens with zero attached hydrogens (tertiary/aromatic N) is 1. The molecule has 0 aromatic carbocycles. The Morgan fingerprint density at radius 3 is 2.29 bits per heavy atom. The maximum Gasteiger partial charge on any atom is 0.244 e. The Labute approximate surface area is 132 Å². The van der Waals surface area contributed by atoms with Gasteiger partial charge in [-0.2, -0.15) is 5.10 Å². The smallest absolute Gasteiger partial charge is 0.244 e. The van der Waals surface area contributed by atoms with Crippen LogP contribution in [0, 0.1) is 13.8 Å². The van der Waals surface area contributed by atoms with Crippen LogP contribution in [-0.4, -0.2) is 30.7 Å². The Bertz CT molecular complexity index is 543. The second-order valence-corrected chi connectivity index (χ2v) is 7.57. The van der Waals surface area contributed by atoms with Crippen molar-refractivity contribution in [1.29, 1.82) is 0 Å². The predicted octanol–water partition coefficient (Wildman–Crippen LogP) is 1.78. The number of nitrogens with two attached hydrogens (primary N) is 1. The van der Waals surface area contributed by atoms with Crippen LogP contribution in [0.2, 0.25) is 0 Å². The van der Waals surface area contributed by atoms with Gasteiger partial charge >= 0.3 is 0 Å². The molecule has 0 atom stereocenters. The van der Waals surface area contributed by atoms with Crippen LogP contribution in [0.3, 0.4) is 0 Å². The zero-order valence-electron chi connectivity index (χ0n) is 12.6. The van der Waals surface area contributed by atoms with Crippen LogP contribution < -0.4 is 10.5 Å². The number of halogens is 1. The summed E-state index contributed by atoms with van der Waals surface area (Å²) in [5, 5.41) is 6.63. The molecular formula is C13H25ClN4O2S. The lowest BCUT2D eigenvalue weighted by Crippen LogP contribution is -2.49. The molecule has 1 saturated carbocycles. The van der Waals surface area contributed by atoms with E-state index in [9.17, 15) is 8.42 Å². The molecule has 1 aromatic rings. The number of aromatic amines is 1. The molecule has 1 fully saturated rings. The van der Waals surface area contributed by atoms with E-state index in [0.29, 0.717) is 17.9 Å². The summed E-state index contributed by atoms with van der Waals surface area (Å²) in [4.78, 5) is 0.245. The highest BCUT2D eigenvalue weighted by atomic mass is 35.5. The zero-order valence-corrected chi connectivity index (χ0v) is 14.2. The molecule has 1 aromatic heterocycles. The van der Waals surface area contributed by atoms with Gasteiger partial charge in [-0.15, -0.1) is 12.4 Å². The summed E-state index contributed by atoms with van der Waals surface area (Å²) in [5.41, 5.74) is 6.97. The van der Waals surface area contributed by atoms with E-state index in [1.165, 1.54) is 12.8 Å². The third-order valence-corrected chi connectivity index (χ3v) is 5.71. The molecule has 2 rings (SSSR count). The van der Waals surface area contributed by atoms with Gasteiger partial charge in [-0.25, -0.2) is 13.1 Å². The van der Waals surface area contributed by atoms with Gasteiger partial charge in [-0.1, -0.05) is 25.7 Å². The number of sulfonamides is 1. The van der Waals surface area contributed by atoms with Crippen LogP contribution in [0.4, 0.5) is 0 Å². The molecule has 1 aliphatic carbocycles. The highest BCUT2D eigenvalue weighted by Crippen LogP contribution is 2.25. The molecule has 0 spiro atoms. The number of rotatable bonds is 4. The lowest BCUT2D eigenvalue weighted by molar-refractivity contribution is 0.369. The Hall–Kier alpha value is -0.630. The quantitative estimate of drug-likeness (QED) is 0.729. The van der Waals surface area contributed by atoms with E-state index in [1.807, 2.05) is 0 Å². The highest BCUT2D eigenvalue weighted by Gasteiger charge is 2.30. The summed E-state index contributed by atoms with van der Waals surface area (Å²) in [6.45, 7) is 3.68. The number of hydrogen-bond acceptors (Lipinski definition) is 4. The first-order chi connectivity index (χ1) is 9.34. The molecule has 0 amide bonds. The fourth-order valence-electron chi connectivity index (χ4n) is 2.86. The number of aryl methyl sites for hydroxylation is 2. The number of nitrogens with one attached hydrogen (secondary N) is 2. The second-order valence-electron chi connectivity index (χ2n) is 5.86. The highest BCUT2D eigenvalue weighted by molar-refractivity contribution is 7.89. The van der Waals surface area contributed by atoms with Crippen molar-refractivity contribution in [3.05, 3.63) is 11.4 Å². The van der Waals surface area contributed by atoms with Crippen LogP contribution in [-0.2, 0) is 10.0 Å². The average molecular weight is 337 g/mol. The van der Waals surface area contributed by atoms with E-state index >= 15 is 0 Å². The van der Waals surface area contributed by atoms with Crippen LogP contribution >= 0.6 is 12.4 Å². The SMILES string of the molecule is Cc1n[nH]c(C)c1S(=O)(=O)NCC1(N)CCCCCC1.Cl. The van der Waals surface area contributed by atoms with Crippen molar-refractivity contribution < 1.29 is 8.42 Å². The molecule has 1 heterocycles. The monoisotopic (exact) mass is 336 g/mol. The van der Waals surface area contributed by atoms with Gasteiger partial charge in [-0.05, 0) is 26.7 Å². The van der Waals surface area contributed by atoms with Gasteiger partial charge in [0.2, 0.25) is 10.0 Å². The molecule has 21 heavy (non-hydrogen) atoms. The van der Waals surface area contributed by atoms with Crippen LogP contribution in [0.15, 0.2) is 4.90 Å².